The number of phosphoric acid groups is 1. The van der Waals surface area contributed by atoms with E-state index in [0.29, 0.717) is 5.57 Å². The van der Waals surface area contributed by atoms with Crippen molar-refractivity contribution in [3.63, 3.8) is 0 Å². The fraction of sp³-hybridized carbons (Fsp3) is 0.600. The summed E-state index contributed by atoms with van der Waals surface area (Å²) in [5.41, 5.74) is 0.355. The summed E-state index contributed by atoms with van der Waals surface area (Å²) < 4.78 is 14.1. The van der Waals surface area contributed by atoms with Gasteiger partial charge in [0.05, 0.1) is 0 Å². The molecule has 0 rings (SSSR count). The predicted molar refractivity (Wildman–Crippen MR) is 38.6 cm³/mol. The number of aliphatic hydroxyl groups is 1. The molecule has 0 heterocycles. The van der Waals surface area contributed by atoms with E-state index in [4.69, 9.17) is 14.9 Å². The number of rotatable bonds is 3. The zero-order valence-electron chi connectivity index (χ0n) is 6.26. The van der Waals surface area contributed by atoms with Crippen LogP contribution in [0.3, 0.4) is 0 Å². The molecule has 1 atom stereocenters. The third-order valence-corrected chi connectivity index (χ3v) is 1.56. The molecule has 0 aliphatic heterocycles. The van der Waals surface area contributed by atoms with Crippen LogP contribution in [-0.2, 0) is 9.09 Å². The lowest BCUT2D eigenvalue weighted by Crippen LogP contribution is -2.11. The highest BCUT2D eigenvalue weighted by molar-refractivity contribution is 7.46. The second-order valence-electron chi connectivity index (χ2n) is 1.98. The predicted octanol–water partition coefficient (Wildman–Crippen LogP) is 0.380. The van der Waals surface area contributed by atoms with Crippen molar-refractivity contribution in [3.05, 3.63) is 11.6 Å². The molecule has 0 aromatic heterocycles. The van der Waals surface area contributed by atoms with Gasteiger partial charge in [-0.2, -0.15) is 0 Å². The highest BCUT2D eigenvalue weighted by Crippen LogP contribution is 2.38. The summed E-state index contributed by atoms with van der Waals surface area (Å²) in [4.78, 5) is 16.5. The molecule has 0 saturated carbocycles. The Hall–Kier alpha value is -0.190. The van der Waals surface area contributed by atoms with Crippen molar-refractivity contribution in [2.75, 3.05) is 0 Å². The summed E-state index contributed by atoms with van der Waals surface area (Å²) in [6.45, 7) is 3.13. The third kappa shape index (κ3) is 5.12. The fourth-order valence-corrected chi connectivity index (χ4v) is 0.782. The van der Waals surface area contributed by atoms with Crippen LogP contribution in [0.2, 0.25) is 0 Å². The lowest BCUT2D eigenvalue weighted by Gasteiger charge is -2.11. The quantitative estimate of drug-likeness (QED) is 0.333. The molecule has 0 aliphatic rings. The topological polar surface area (TPSA) is 87.0 Å². The highest BCUT2D eigenvalue weighted by atomic mass is 31.2. The summed E-state index contributed by atoms with van der Waals surface area (Å²) in [7, 11) is -4.58. The van der Waals surface area contributed by atoms with E-state index in [9.17, 15) is 4.57 Å². The molecule has 66 valence electrons. The van der Waals surface area contributed by atoms with Gasteiger partial charge in [-0.15, -0.1) is 0 Å². The zero-order chi connectivity index (χ0) is 9.07. The van der Waals surface area contributed by atoms with Gasteiger partial charge in [-0.3, -0.25) is 4.52 Å². The zero-order valence-corrected chi connectivity index (χ0v) is 7.15. The Balaban J connectivity index is 4.09. The monoisotopic (exact) mass is 182 g/mol. The maximum Gasteiger partial charge on any atom is 0.472 e. The minimum atomic E-state index is -4.58. The van der Waals surface area contributed by atoms with E-state index < -0.39 is 14.1 Å². The Bertz CT molecular complexity index is 193. The van der Waals surface area contributed by atoms with Crippen molar-refractivity contribution in [1.29, 1.82) is 0 Å². The van der Waals surface area contributed by atoms with Gasteiger partial charge in [0.25, 0.3) is 0 Å². The summed E-state index contributed by atoms with van der Waals surface area (Å²) in [5.74, 6) is 0. The molecule has 0 aromatic carbocycles. The van der Waals surface area contributed by atoms with Crippen molar-refractivity contribution in [1.82, 2.24) is 0 Å². The number of allylic oxidation sites excluding steroid dienone is 1. The van der Waals surface area contributed by atoms with Crippen LogP contribution in [0.1, 0.15) is 13.8 Å². The summed E-state index contributed by atoms with van der Waals surface area (Å²) in [5, 5.41) is 8.87. The normalized spacial score (nSPS) is 16.6. The molecule has 0 saturated heterocycles. The van der Waals surface area contributed by atoms with E-state index in [1.165, 1.54) is 13.0 Å². The number of aliphatic hydroxyl groups excluding tert-OH is 1. The van der Waals surface area contributed by atoms with Gasteiger partial charge in [-0.1, -0.05) is 6.08 Å². The van der Waals surface area contributed by atoms with Gasteiger partial charge in [0.15, 0.2) is 6.29 Å². The molecule has 11 heavy (non-hydrogen) atoms. The van der Waals surface area contributed by atoms with E-state index in [1.54, 1.807) is 6.92 Å². The van der Waals surface area contributed by atoms with Gasteiger partial charge < -0.3 is 14.9 Å². The highest BCUT2D eigenvalue weighted by Gasteiger charge is 2.20. The third-order valence-electron chi connectivity index (χ3n) is 1.08. The van der Waals surface area contributed by atoms with Crippen LogP contribution in [0.25, 0.3) is 0 Å². The molecule has 0 fully saturated rings. The van der Waals surface area contributed by atoms with Crippen molar-refractivity contribution >= 4 is 7.82 Å². The summed E-state index contributed by atoms with van der Waals surface area (Å²) in [6, 6.07) is 0. The maximum atomic E-state index is 10.1. The average molecular weight is 182 g/mol. The van der Waals surface area contributed by atoms with Crippen LogP contribution in [-0.4, -0.2) is 21.2 Å². The number of hydrogen-bond donors (Lipinski definition) is 3. The maximum absolute atomic E-state index is 10.1. The first-order valence-electron chi connectivity index (χ1n) is 2.91. The Morgan fingerprint density at radius 1 is 1.64 bits per heavy atom. The lowest BCUT2D eigenvalue weighted by molar-refractivity contribution is -0.00745. The van der Waals surface area contributed by atoms with Crippen molar-refractivity contribution < 1.29 is 24.0 Å². The Kier molecular flexibility index (Phi) is 3.92. The van der Waals surface area contributed by atoms with Gasteiger partial charge in [-0.05, 0) is 19.4 Å². The van der Waals surface area contributed by atoms with Gasteiger partial charge in [0.1, 0.15) is 0 Å². The molecule has 0 bridgehead atoms. The Morgan fingerprint density at radius 2 is 2.09 bits per heavy atom. The van der Waals surface area contributed by atoms with Gasteiger partial charge in [-0.25, -0.2) is 4.57 Å². The standard InChI is InChI=1S/C5H11O5P/c1-3-4(2)5(6)10-11(7,8)9/h3,5-6H,1-2H3,(H2,7,8,9)/b4-3+. The first kappa shape index (κ1) is 10.8. The van der Waals surface area contributed by atoms with Crippen LogP contribution in [0.15, 0.2) is 11.6 Å². The molecular formula is C5H11O5P. The van der Waals surface area contributed by atoms with Crippen molar-refractivity contribution in [2.24, 2.45) is 0 Å². The number of hydrogen-bond acceptors (Lipinski definition) is 3. The molecule has 3 N–H and O–H groups in total. The van der Waals surface area contributed by atoms with E-state index in [2.05, 4.69) is 4.52 Å². The van der Waals surface area contributed by atoms with Gasteiger partial charge in [0, 0.05) is 0 Å². The molecular weight excluding hydrogens is 171 g/mol. The second kappa shape index (κ2) is 3.99. The van der Waals surface area contributed by atoms with Crippen LogP contribution in [0, 0.1) is 0 Å². The van der Waals surface area contributed by atoms with Crippen molar-refractivity contribution in [2.45, 2.75) is 20.1 Å². The van der Waals surface area contributed by atoms with Crippen LogP contribution < -0.4 is 0 Å². The molecule has 5 nitrogen and oxygen atoms in total. The molecule has 0 amide bonds. The van der Waals surface area contributed by atoms with Crippen LogP contribution in [0.5, 0.6) is 0 Å². The SMILES string of the molecule is C/C=C(\C)C(O)OP(=O)(O)O. The summed E-state index contributed by atoms with van der Waals surface area (Å²) in [6.07, 6.45) is -0.0267. The molecule has 6 heteroatoms. The van der Waals surface area contributed by atoms with Crippen LogP contribution >= 0.6 is 7.82 Å². The molecule has 0 aromatic rings. The first-order valence-corrected chi connectivity index (χ1v) is 4.44. The first-order chi connectivity index (χ1) is 4.87. The van der Waals surface area contributed by atoms with E-state index in [1.807, 2.05) is 0 Å². The van der Waals surface area contributed by atoms with E-state index in [-0.39, 0.29) is 0 Å². The minimum Gasteiger partial charge on any atom is -0.364 e. The largest absolute Gasteiger partial charge is 0.472 e. The van der Waals surface area contributed by atoms with Gasteiger partial charge >= 0.3 is 7.82 Å². The Labute approximate surface area is 64.6 Å². The van der Waals surface area contributed by atoms with Crippen molar-refractivity contribution in [3.8, 4) is 0 Å². The molecule has 0 aliphatic carbocycles. The Morgan fingerprint density at radius 3 is 2.36 bits per heavy atom. The number of phosphoric ester groups is 1. The second-order valence-corrected chi connectivity index (χ2v) is 3.17. The fourth-order valence-electron chi connectivity index (χ4n) is 0.356. The summed E-state index contributed by atoms with van der Waals surface area (Å²) >= 11 is 0. The van der Waals surface area contributed by atoms with E-state index >= 15 is 0 Å². The minimum absolute atomic E-state index is 0.355. The van der Waals surface area contributed by atoms with E-state index in [0.717, 1.165) is 0 Å². The average Bonchev–Trinajstić information content (AvgIpc) is 1.82. The molecule has 0 radical (unpaired) electrons. The lowest BCUT2D eigenvalue weighted by atomic mass is 10.3. The van der Waals surface area contributed by atoms with Gasteiger partial charge in [0.2, 0.25) is 0 Å². The molecule has 1 unspecified atom stereocenters. The van der Waals surface area contributed by atoms with Crippen LogP contribution in [0.4, 0.5) is 0 Å². The molecule has 0 spiro atoms. The smallest absolute Gasteiger partial charge is 0.364 e.